The summed E-state index contributed by atoms with van der Waals surface area (Å²) in [5.74, 6) is 0. The van der Waals surface area contributed by atoms with Gasteiger partial charge in [-0.2, -0.15) is 0 Å². The molecule has 0 bridgehead atoms. The first kappa shape index (κ1) is 9.24. The molecule has 0 aliphatic heterocycles. The summed E-state index contributed by atoms with van der Waals surface area (Å²) in [6, 6.07) is 5.12. The molecule has 0 saturated carbocycles. The molecular weight excluding hydrogens is 200 g/mol. The highest BCUT2D eigenvalue weighted by Gasteiger charge is 2.03. The van der Waals surface area contributed by atoms with Crippen molar-refractivity contribution >= 4 is 22.5 Å². The molecule has 0 saturated heterocycles. The quantitative estimate of drug-likeness (QED) is 0.749. The van der Waals surface area contributed by atoms with Gasteiger partial charge in [-0.25, -0.2) is 0 Å². The second-order valence-corrected chi connectivity index (χ2v) is 3.47. The topological polar surface area (TPSA) is 58.9 Å². The zero-order valence-electron chi connectivity index (χ0n) is 7.38. The summed E-state index contributed by atoms with van der Waals surface area (Å²) in [5.41, 5.74) is 6.71. The third kappa shape index (κ3) is 1.41. The van der Waals surface area contributed by atoms with E-state index in [0.29, 0.717) is 16.0 Å². The van der Waals surface area contributed by atoms with Crippen LogP contribution in [-0.2, 0) is 6.54 Å². The predicted molar refractivity (Wildman–Crippen MR) is 57.5 cm³/mol. The average molecular weight is 209 g/mol. The highest BCUT2D eigenvalue weighted by molar-refractivity contribution is 6.31. The molecular formula is C10H9ClN2O. The van der Waals surface area contributed by atoms with E-state index in [-0.39, 0.29) is 12.0 Å². The number of hydrogen-bond donors (Lipinski definition) is 2. The standard InChI is InChI=1S/C10H9ClN2O/c11-7-1-2-8-9(3-7)13-5-6(4-12)10(8)14/h1-3,5H,4,12H2,(H,13,14). The van der Waals surface area contributed by atoms with Gasteiger partial charge < -0.3 is 10.7 Å². The molecule has 1 aromatic carbocycles. The molecule has 0 fully saturated rings. The summed E-state index contributed by atoms with van der Waals surface area (Å²) >= 11 is 5.80. The van der Waals surface area contributed by atoms with E-state index in [2.05, 4.69) is 4.98 Å². The van der Waals surface area contributed by atoms with Crippen LogP contribution in [0.3, 0.4) is 0 Å². The number of nitrogens with one attached hydrogen (secondary N) is 1. The average Bonchev–Trinajstić information content (AvgIpc) is 2.18. The lowest BCUT2D eigenvalue weighted by molar-refractivity contribution is 1.04. The van der Waals surface area contributed by atoms with E-state index < -0.39 is 0 Å². The van der Waals surface area contributed by atoms with Gasteiger partial charge in [0.15, 0.2) is 5.43 Å². The lowest BCUT2D eigenvalue weighted by Gasteiger charge is -2.00. The Kier molecular flexibility index (Phi) is 2.27. The molecule has 72 valence electrons. The first-order valence-electron chi connectivity index (χ1n) is 4.22. The summed E-state index contributed by atoms with van der Waals surface area (Å²) in [5, 5.41) is 1.23. The van der Waals surface area contributed by atoms with Crippen molar-refractivity contribution < 1.29 is 0 Å². The van der Waals surface area contributed by atoms with Gasteiger partial charge in [0.05, 0.1) is 5.52 Å². The van der Waals surface area contributed by atoms with Crippen molar-refractivity contribution in [2.75, 3.05) is 0 Å². The number of nitrogens with two attached hydrogens (primary N) is 1. The molecule has 0 unspecified atom stereocenters. The molecule has 1 aromatic heterocycles. The van der Waals surface area contributed by atoms with E-state index in [9.17, 15) is 4.79 Å². The highest BCUT2D eigenvalue weighted by atomic mass is 35.5. The third-order valence-corrected chi connectivity index (χ3v) is 2.37. The fraction of sp³-hybridized carbons (Fsp3) is 0.100. The minimum Gasteiger partial charge on any atom is -0.361 e. The maximum Gasteiger partial charge on any atom is 0.193 e. The number of halogens is 1. The Morgan fingerprint density at radius 3 is 2.93 bits per heavy atom. The Labute approximate surface area is 85.5 Å². The van der Waals surface area contributed by atoms with Crippen LogP contribution in [0.25, 0.3) is 10.9 Å². The molecule has 2 rings (SSSR count). The molecule has 3 N–H and O–H groups in total. The summed E-state index contributed by atoms with van der Waals surface area (Å²) < 4.78 is 0. The molecule has 0 spiro atoms. The van der Waals surface area contributed by atoms with Crippen molar-refractivity contribution in [3.8, 4) is 0 Å². The Balaban J connectivity index is 2.84. The highest BCUT2D eigenvalue weighted by Crippen LogP contribution is 2.14. The van der Waals surface area contributed by atoms with Crippen LogP contribution < -0.4 is 11.2 Å². The fourth-order valence-electron chi connectivity index (χ4n) is 1.39. The van der Waals surface area contributed by atoms with E-state index in [1.165, 1.54) is 0 Å². The summed E-state index contributed by atoms with van der Waals surface area (Å²) in [4.78, 5) is 14.7. The van der Waals surface area contributed by atoms with Crippen LogP contribution in [0.2, 0.25) is 5.02 Å². The predicted octanol–water partition coefficient (Wildman–Crippen LogP) is 1.64. The number of pyridine rings is 1. The fourth-order valence-corrected chi connectivity index (χ4v) is 1.56. The number of hydrogen-bond acceptors (Lipinski definition) is 2. The monoisotopic (exact) mass is 208 g/mol. The van der Waals surface area contributed by atoms with Crippen LogP contribution in [0.1, 0.15) is 5.56 Å². The number of benzene rings is 1. The third-order valence-electron chi connectivity index (χ3n) is 2.14. The smallest absolute Gasteiger partial charge is 0.193 e. The van der Waals surface area contributed by atoms with Gasteiger partial charge in [0.1, 0.15) is 0 Å². The normalized spacial score (nSPS) is 10.7. The second kappa shape index (κ2) is 3.44. The molecule has 0 aliphatic rings. The Morgan fingerprint density at radius 2 is 2.21 bits per heavy atom. The van der Waals surface area contributed by atoms with Crippen LogP contribution in [0.15, 0.2) is 29.2 Å². The van der Waals surface area contributed by atoms with Crippen molar-refractivity contribution in [1.29, 1.82) is 0 Å². The number of aromatic nitrogens is 1. The maximum atomic E-state index is 11.7. The van der Waals surface area contributed by atoms with E-state index in [4.69, 9.17) is 17.3 Å². The van der Waals surface area contributed by atoms with E-state index in [1.807, 2.05) is 0 Å². The lowest BCUT2D eigenvalue weighted by atomic mass is 10.1. The molecule has 1 heterocycles. The molecule has 0 radical (unpaired) electrons. The van der Waals surface area contributed by atoms with Gasteiger partial charge in [-0.3, -0.25) is 4.79 Å². The van der Waals surface area contributed by atoms with E-state index >= 15 is 0 Å². The van der Waals surface area contributed by atoms with Gasteiger partial charge in [-0.1, -0.05) is 11.6 Å². The van der Waals surface area contributed by atoms with Crippen molar-refractivity contribution in [2.24, 2.45) is 5.73 Å². The molecule has 14 heavy (non-hydrogen) atoms. The molecule has 0 aliphatic carbocycles. The number of H-pyrrole nitrogens is 1. The first-order chi connectivity index (χ1) is 6.72. The zero-order chi connectivity index (χ0) is 10.1. The molecule has 3 nitrogen and oxygen atoms in total. The summed E-state index contributed by atoms with van der Waals surface area (Å²) in [6.07, 6.45) is 1.63. The van der Waals surface area contributed by atoms with Crippen LogP contribution in [0.4, 0.5) is 0 Å². The molecule has 0 atom stereocenters. The molecule has 4 heteroatoms. The Bertz CT molecular complexity index is 533. The van der Waals surface area contributed by atoms with Crippen LogP contribution in [0, 0.1) is 0 Å². The summed E-state index contributed by atoms with van der Waals surface area (Å²) in [7, 11) is 0. The van der Waals surface area contributed by atoms with Crippen molar-refractivity contribution in [3.63, 3.8) is 0 Å². The van der Waals surface area contributed by atoms with Crippen molar-refractivity contribution in [1.82, 2.24) is 4.98 Å². The second-order valence-electron chi connectivity index (χ2n) is 3.04. The lowest BCUT2D eigenvalue weighted by Crippen LogP contribution is -2.13. The van der Waals surface area contributed by atoms with E-state index in [0.717, 1.165) is 5.52 Å². The number of aromatic amines is 1. The largest absolute Gasteiger partial charge is 0.361 e. The van der Waals surface area contributed by atoms with Gasteiger partial charge in [-0.05, 0) is 18.2 Å². The minimum absolute atomic E-state index is 0.0297. The summed E-state index contributed by atoms with van der Waals surface area (Å²) in [6.45, 7) is 0.244. The van der Waals surface area contributed by atoms with Gasteiger partial charge in [-0.15, -0.1) is 0 Å². The number of rotatable bonds is 1. The Hall–Kier alpha value is -1.32. The van der Waals surface area contributed by atoms with E-state index in [1.54, 1.807) is 24.4 Å². The Morgan fingerprint density at radius 1 is 1.43 bits per heavy atom. The number of fused-ring (bicyclic) bond motifs is 1. The SMILES string of the molecule is NCc1c[nH]c2cc(Cl)ccc2c1=O. The molecule has 0 amide bonds. The van der Waals surface area contributed by atoms with Crippen LogP contribution >= 0.6 is 11.6 Å². The van der Waals surface area contributed by atoms with Crippen LogP contribution in [0.5, 0.6) is 0 Å². The first-order valence-corrected chi connectivity index (χ1v) is 4.60. The van der Waals surface area contributed by atoms with Gasteiger partial charge in [0.25, 0.3) is 0 Å². The molecule has 2 aromatic rings. The van der Waals surface area contributed by atoms with Crippen molar-refractivity contribution in [3.05, 3.63) is 45.2 Å². The zero-order valence-corrected chi connectivity index (χ0v) is 8.14. The van der Waals surface area contributed by atoms with Crippen molar-refractivity contribution in [2.45, 2.75) is 6.54 Å². The van der Waals surface area contributed by atoms with Gasteiger partial charge >= 0.3 is 0 Å². The van der Waals surface area contributed by atoms with Crippen LogP contribution in [-0.4, -0.2) is 4.98 Å². The maximum absolute atomic E-state index is 11.7. The van der Waals surface area contributed by atoms with Gasteiger partial charge in [0.2, 0.25) is 0 Å². The minimum atomic E-state index is -0.0297. The van der Waals surface area contributed by atoms with Gasteiger partial charge in [0, 0.05) is 28.7 Å².